The number of thioether (sulfide) groups is 1. The van der Waals surface area contributed by atoms with Crippen LogP contribution in [0.2, 0.25) is 0 Å². The van der Waals surface area contributed by atoms with Gasteiger partial charge in [0.1, 0.15) is 12.6 Å². The van der Waals surface area contributed by atoms with E-state index in [-0.39, 0.29) is 24.3 Å². The first-order valence-corrected chi connectivity index (χ1v) is 7.60. The Morgan fingerprint density at radius 1 is 1.47 bits per heavy atom. The number of carbonyl (C=O) groups is 3. The van der Waals surface area contributed by atoms with E-state index in [1.54, 1.807) is 11.8 Å². The van der Waals surface area contributed by atoms with E-state index in [4.69, 9.17) is 4.74 Å². The molecule has 0 bridgehead atoms. The Bertz CT molecular complexity index is 388. The second kappa shape index (κ2) is 6.27. The highest BCUT2D eigenvalue weighted by Gasteiger charge is 2.36. The third-order valence-electron chi connectivity index (χ3n) is 3.28. The van der Waals surface area contributed by atoms with E-state index >= 15 is 0 Å². The molecule has 0 aromatic rings. The maximum atomic E-state index is 12.2. The highest BCUT2D eigenvalue weighted by Crippen LogP contribution is 2.20. The van der Waals surface area contributed by atoms with Gasteiger partial charge in [-0.3, -0.25) is 9.59 Å². The van der Waals surface area contributed by atoms with E-state index in [9.17, 15) is 14.4 Å². The number of hydrogen-bond donors (Lipinski definition) is 0. The van der Waals surface area contributed by atoms with Gasteiger partial charge in [-0.25, -0.2) is 4.79 Å². The van der Waals surface area contributed by atoms with Gasteiger partial charge in [0.25, 0.3) is 0 Å². The number of ether oxygens (including phenoxy) is 1. The molecule has 0 aromatic heterocycles. The summed E-state index contributed by atoms with van der Waals surface area (Å²) in [6.07, 6.45) is 1.45. The molecule has 7 heteroatoms. The lowest BCUT2D eigenvalue weighted by Gasteiger charge is -2.25. The average Bonchev–Trinajstić information content (AvgIpc) is 2.99. The fraction of sp³-hybridized carbons (Fsp3) is 0.750. The predicted molar refractivity (Wildman–Crippen MR) is 70.4 cm³/mol. The average molecular weight is 286 g/mol. The molecule has 0 aliphatic carbocycles. The summed E-state index contributed by atoms with van der Waals surface area (Å²) in [5.41, 5.74) is 0. The second-order valence-electron chi connectivity index (χ2n) is 4.57. The monoisotopic (exact) mass is 286 g/mol. The standard InChI is InChI=1S/C12H18N2O4S/c1-2-18-12(17)9-4-3-5-14(9)10(15)6-13-8-19-7-11(13)16/h9H,2-8H2,1H3. The minimum Gasteiger partial charge on any atom is -0.464 e. The molecular formula is C12H18N2O4S. The van der Waals surface area contributed by atoms with Crippen LogP contribution in [0.1, 0.15) is 19.8 Å². The molecule has 6 nitrogen and oxygen atoms in total. The largest absolute Gasteiger partial charge is 0.464 e. The smallest absolute Gasteiger partial charge is 0.328 e. The minimum atomic E-state index is -0.474. The van der Waals surface area contributed by atoms with Crippen LogP contribution in [0.15, 0.2) is 0 Å². The van der Waals surface area contributed by atoms with E-state index in [1.807, 2.05) is 0 Å². The first-order chi connectivity index (χ1) is 9.13. The minimum absolute atomic E-state index is 0.00904. The second-order valence-corrected chi connectivity index (χ2v) is 5.52. The Labute approximate surface area is 116 Å². The van der Waals surface area contributed by atoms with Crippen molar-refractivity contribution in [1.82, 2.24) is 9.80 Å². The molecule has 0 radical (unpaired) electrons. The molecule has 0 N–H and O–H groups in total. The summed E-state index contributed by atoms with van der Waals surface area (Å²) in [7, 11) is 0. The van der Waals surface area contributed by atoms with Crippen LogP contribution in [0.3, 0.4) is 0 Å². The van der Waals surface area contributed by atoms with Crippen molar-refractivity contribution in [3.8, 4) is 0 Å². The van der Waals surface area contributed by atoms with E-state index in [0.717, 1.165) is 6.42 Å². The molecule has 2 rings (SSSR count). The number of esters is 1. The van der Waals surface area contributed by atoms with Crippen molar-refractivity contribution in [2.75, 3.05) is 31.3 Å². The first-order valence-electron chi connectivity index (χ1n) is 6.45. The quantitative estimate of drug-likeness (QED) is 0.684. The SMILES string of the molecule is CCOC(=O)C1CCCN1C(=O)CN1CSCC1=O. The van der Waals surface area contributed by atoms with Gasteiger partial charge in [0, 0.05) is 6.54 Å². The molecule has 106 valence electrons. The molecule has 2 saturated heterocycles. The van der Waals surface area contributed by atoms with Crippen LogP contribution < -0.4 is 0 Å². The fourth-order valence-corrected chi connectivity index (χ4v) is 3.25. The molecule has 0 spiro atoms. The topological polar surface area (TPSA) is 66.9 Å². The summed E-state index contributed by atoms with van der Waals surface area (Å²) in [5, 5.41) is 0. The van der Waals surface area contributed by atoms with Crippen LogP contribution in [0.4, 0.5) is 0 Å². The zero-order valence-corrected chi connectivity index (χ0v) is 11.8. The molecule has 1 atom stereocenters. The fourth-order valence-electron chi connectivity index (χ4n) is 2.34. The molecule has 2 aliphatic rings. The molecule has 0 aromatic carbocycles. The van der Waals surface area contributed by atoms with Gasteiger partial charge < -0.3 is 14.5 Å². The van der Waals surface area contributed by atoms with Crippen molar-refractivity contribution < 1.29 is 19.1 Å². The lowest BCUT2D eigenvalue weighted by atomic mass is 10.2. The Morgan fingerprint density at radius 2 is 2.26 bits per heavy atom. The molecule has 2 amide bonds. The van der Waals surface area contributed by atoms with Crippen molar-refractivity contribution in [1.29, 1.82) is 0 Å². The molecule has 19 heavy (non-hydrogen) atoms. The van der Waals surface area contributed by atoms with Gasteiger partial charge in [-0.15, -0.1) is 11.8 Å². The van der Waals surface area contributed by atoms with E-state index < -0.39 is 6.04 Å². The number of carbonyl (C=O) groups excluding carboxylic acids is 3. The van der Waals surface area contributed by atoms with Crippen molar-refractivity contribution in [3.63, 3.8) is 0 Å². The maximum absolute atomic E-state index is 12.2. The zero-order chi connectivity index (χ0) is 13.8. The summed E-state index contributed by atoms with van der Waals surface area (Å²) >= 11 is 1.50. The van der Waals surface area contributed by atoms with Gasteiger partial charge in [0.05, 0.1) is 18.2 Å². The molecular weight excluding hydrogens is 268 g/mol. The predicted octanol–water partition coefficient (Wildman–Crippen LogP) is 0.0734. The molecule has 2 fully saturated rings. The summed E-state index contributed by atoms with van der Waals surface area (Å²) in [4.78, 5) is 38.5. The summed E-state index contributed by atoms with van der Waals surface area (Å²) in [5.74, 6) is 0.490. The Balaban J connectivity index is 1.93. The highest BCUT2D eigenvalue weighted by atomic mass is 32.2. The highest BCUT2D eigenvalue weighted by molar-refractivity contribution is 8.00. The van der Waals surface area contributed by atoms with E-state index in [0.29, 0.717) is 31.2 Å². The van der Waals surface area contributed by atoms with Crippen LogP contribution in [0.25, 0.3) is 0 Å². The number of rotatable bonds is 4. The van der Waals surface area contributed by atoms with Gasteiger partial charge >= 0.3 is 5.97 Å². The Kier molecular flexibility index (Phi) is 4.68. The number of nitrogens with zero attached hydrogens (tertiary/aromatic N) is 2. The summed E-state index contributed by atoms with van der Waals surface area (Å²) in [6.45, 7) is 2.71. The van der Waals surface area contributed by atoms with Crippen LogP contribution in [0, 0.1) is 0 Å². The lowest BCUT2D eigenvalue weighted by Crippen LogP contribution is -2.46. The van der Waals surface area contributed by atoms with Gasteiger partial charge in [-0.2, -0.15) is 0 Å². The third kappa shape index (κ3) is 3.20. The summed E-state index contributed by atoms with van der Waals surface area (Å²) in [6, 6.07) is -0.474. The maximum Gasteiger partial charge on any atom is 0.328 e. The third-order valence-corrected chi connectivity index (χ3v) is 4.23. The van der Waals surface area contributed by atoms with Gasteiger partial charge in [0.2, 0.25) is 11.8 Å². The number of amides is 2. The molecule has 0 saturated carbocycles. The number of likely N-dealkylation sites (tertiary alicyclic amines) is 1. The van der Waals surface area contributed by atoms with Crippen LogP contribution in [-0.2, 0) is 19.1 Å². The summed E-state index contributed by atoms with van der Waals surface area (Å²) < 4.78 is 4.98. The molecule has 2 aliphatic heterocycles. The molecule has 2 heterocycles. The van der Waals surface area contributed by atoms with E-state index in [1.165, 1.54) is 16.7 Å². The van der Waals surface area contributed by atoms with Gasteiger partial charge in [-0.1, -0.05) is 0 Å². The van der Waals surface area contributed by atoms with E-state index in [2.05, 4.69) is 0 Å². The van der Waals surface area contributed by atoms with Crippen molar-refractivity contribution in [2.24, 2.45) is 0 Å². The van der Waals surface area contributed by atoms with Crippen LogP contribution in [0.5, 0.6) is 0 Å². The Hall–Kier alpha value is -1.24. The number of hydrogen-bond acceptors (Lipinski definition) is 5. The van der Waals surface area contributed by atoms with Crippen LogP contribution in [-0.4, -0.2) is 65.0 Å². The molecule has 1 unspecified atom stereocenters. The van der Waals surface area contributed by atoms with Gasteiger partial charge in [0.15, 0.2) is 0 Å². The van der Waals surface area contributed by atoms with Crippen molar-refractivity contribution in [3.05, 3.63) is 0 Å². The first kappa shape index (κ1) is 14.2. The van der Waals surface area contributed by atoms with Crippen molar-refractivity contribution in [2.45, 2.75) is 25.8 Å². The Morgan fingerprint density at radius 3 is 2.89 bits per heavy atom. The lowest BCUT2D eigenvalue weighted by molar-refractivity contribution is -0.153. The van der Waals surface area contributed by atoms with Gasteiger partial charge in [-0.05, 0) is 19.8 Å². The van der Waals surface area contributed by atoms with Crippen molar-refractivity contribution >= 4 is 29.5 Å². The zero-order valence-electron chi connectivity index (χ0n) is 11.0. The van der Waals surface area contributed by atoms with Crippen LogP contribution >= 0.6 is 11.8 Å². The normalized spacial score (nSPS) is 23.0.